The molecule has 0 fully saturated rings. The van der Waals surface area contributed by atoms with E-state index in [0.29, 0.717) is 5.92 Å². The predicted molar refractivity (Wildman–Crippen MR) is 61.3 cm³/mol. The van der Waals surface area contributed by atoms with Gasteiger partial charge < -0.3 is 4.74 Å². The van der Waals surface area contributed by atoms with Crippen molar-refractivity contribution in [2.24, 2.45) is 5.92 Å². The van der Waals surface area contributed by atoms with Gasteiger partial charge in [0.15, 0.2) is 0 Å². The molecule has 0 heterocycles. The molecule has 82 valence electrons. The fourth-order valence-electron chi connectivity index (χ4n) is 3.18. The molecule has 0 amide bonds. The maximum absolute atomic E-state index is 8.78. The Bertz CT molecular complexity index is 484. The number of benzene rings is 1. The summed E-state index contributed by atoms with van der Waals surface area (Å²) in [7, 11) is 0. The normalized spacial score (nSPS) is 21.4. The molecule has 0 spiro atoms. The lowest BCUT2D eigenvalue weighted by Gasteiger charge is -2.11. The van der Waals surface area contributed by atoms with E-state index < -0.39 is 0 Å². The second kappa shape index (κ2) is 3.52. The van der Waals surface area contributed by atoms with Gasteiger partial charge in [-0.3, -0.25) is 0 Å². The van der Waals surface area contributed by atoms with Crippen LogP contribution < -0.4 is 4.74 Å². The average molecular weight is 213 g/mol. The Balaban J connectivity index is 2.17. The van der Waals surface area contributed by atoms with Crippen LogP contribution in [0.3, 0.4) is 0 Å². The predicted octanol–water partition coefficient (Wildman–Crippen LogP) is 2.77. The fourth-order valence-corrected chi connectivity index (χ4v) is 3.18. The lowest BCUT2D eigenvalue weighted by Crippen LogP contribution is -1.97. The molecule has 0 saturated carbocycles. The van der Waals surface area contributed by atoms with Crippen molar-refractivity contribution in [3.8, 4) is 12.0 Å². The smallest absolute Gasteiger partial charge is 0.292 e. The average Bonchev–Trinajstić information content (AvgIpc) is 2.83. The van der Waals surface area contributed by atoms with E-state index in [-0.39, 0.29) is 0 Å². The summed E-state index contributed by atoms with van der Waals surface area (Å²) in [5, 5.41) is 8.78. The number of nitrogens with zero attached hydrogens (tertiary/aromatic N) is 1. The Morgan fingerprint density at radius 2 is 2.12 bits per heavy atom. The molecule has 2 aliphatic rings. The summed E-state index contributed by atoms with van der Waals surface area (Å²) in [5.41, 5.74) is 5.43. The Labute approximate surface area is 95.8 Å². The number of hydrogen-bond acceptors (Lipinski definition) is 2. The van der Waals surface area contributed by atoms with Crippen molar-refractivity contribution in [2.75, 3.05) is 0 Å². The van der Waals surface area contributed by atoms with Gasteiger partial charge in [-0.15, -0.1) is 5.26 Å². The van der Waals surface area contributed by atoms with Crippen LogP contribution in [0, 0.1) is 17.4 Å². The topological polar surface area (TPSA) is 33.0 Å². The highest BCUT2D eigenvalue weighted by Gasteiger charge is 2.28. The van der Waals surface area contributed by atoms with E-state index in [4.69, 9.17) is 10.00 Å². The lowest BCUT2D eigenvalue weighted by atomic mass is 10.0. The van der Waals surface area contributed by atoms with Crippen molar-refractivity contribution < 1.29 is 4.74 Å². The van der Waals surface area contributed by atoms with Crippen molar-refractivity contribution in [2.45, 2.75) is 39.0 Å². The molecule has 0 aromatic heterocycles. The van der Waals surface area contributed by atoms with Gasteiger partial charge in [-0.2, -0.15) is 0 Å². The molecular weight excluding hydrogens is 198 g/mol. The Hall–Kier alpha value is -1.49. The molecule has 0 aliphatic heterocycles. The van der Waals surface area contributed by atoms with Crippen LogP contribution in [0.15, 0.2) is 6.07 Å². The molecule has 0 bridgehead atoms. The number of ether oxygens (including phenoxy) is 1. The van der Waals surface area contributed by atoms with Gasteiger partial charge in [0, 0.05) is 0 Å². The summed E-state index contributed by atoms with van der Waals surface area (Å²) in [4.78, 5) is 0. The van der Waals surface area contributed by atoms with E-state index in [9.17, 15) is 0 Å². The summed E-state index contributed by atoms with van der Waals surface area (Å²) in [6.45, 7) is 2.27. The molecule has 0 saturated heterocycles. The molecule has 1 aromatic carbocycles. The number of rotatable bonds is 1. The Morgan fingerprint density at radius 1 is 1.25 bits per heavy atom. The summed E-state index contributed by atoms with van der Waals surface area (Å²) in [6, 6.07) is 2.35. The second-order valence-corrected chi connectivity index (χ2v) is 5.04. The Morgan fingerprint density at radius 3 is 2.94 bits per heavy atom. The van der Waals surface area contributed by atoms with Gasteiger partial charge in [0.2, 0.25) is 0 Å². The maximum Gasteiger partial charge on any atom is 0.292 e. The molecule has 0 N–H and O–H groups in total. The SMILES string of the molecule is CC1Cc2cc3c(c(OC#N)c2C1)CCC3. The third-order valence-electron chi connectivity index (χ3n) is 3.81. The quantitative estimate of drug-likeness (QED) is 0.672. The van der Waals surface area contributed by atoms with E-state index in [1.165, 1.54) is 28.7 Å². The molecule has 2 aliphatic carbocycles. The number of hydrogen-bond donors (Lipinski definition) is 0. The second-order valence-electron chi connectivity index (χ2n) is 5.04. The van der Waals surface area contributed by atoms with Crippen LogP contribution in [-0.2, 0) is 25.7 Å². The number of nitriles is 1. The lowest BCUT2D eigenvalue weighted by molar-refractivity contribution is 0.492. The Kier molecular flexibility index (Phi) is 2.14. The van der Waals surface area contributed by atoms with Gasteiger partial charge in [0.25, 0.3) is 6.26 Å². The molecule has 0 radical (unpaired) electrons. The first-order valence-corrected chi connectivity index (χ1v) is 6.02. The molecule has 2 heteroatoms. The minimum Gasteiger partial charge on any atom is -0.387 e. The van der Waals surface area contributed by atoms with Crippen molar-refractivity contribution in [1.29, 1.82) is 5.26 Å². The number of aryl methyl sites for hydroxylation is 1. The van der Waals surface area contributed by atoms with E-state index in [1.807, 2.05) is 6.26 Å². The van der Waals surface area contributed by atoms with Crippen molar-refractivity contribution >= 4 is 0 Å². The first kappa shape index (κ1) is 9.72. The zero-order valence-electron chi connectivity index (χ0n) is 9.55. The molecule has 3 rings (SSSR count). The van der Waals surface area contributed by atoms with Crippen LogP contribution in [0.4, 0.5) is 0 Å². The summed E-state index contributed by atoms with van der Waals surface area (Å²) in [5.74, 6) is 1.59. The van der Waals surface area contributed by atoms with Crippen LogP contribution in [0.5, 0.6) is 5.75 Å². The van der Waals surface area contributed by atoms with Crippen molar-refractivity contribution in [3.63, 3.8) is 0 Å². The zero-order valence-corrected chi connectivity index (χ0v) is 9.55. The van der Waals surface area contributed by atoms with Crippen molar-refractivity contribution in [1.82, 2.24) is 0 Å². The molecule has 1 unspecified atom stereocenters. The minimum atomic E-state index is 0.693. The fraction of sp³-hybridized carbons (Fsp3) is 0.500. The number of fused-ring (bicyclic) bond motifs is 2. The highest BCUT2D eigenvalue weighted by atomic mass is 16.5. The highest BCUT2D eigenvalue weighted by molar-refractivity contribution is 5.55. The highest BCUT2D eigenvalue weighted by Crippen LogP contribution is 2.41. The van der Waals surface area contributed by atoms with Gasteiger partial charge in [0.1, 0.15) is 5.75 Å². The van der Waals surface area contributed by atoms with E-state index in [1.54, 1.807) is 0 Å². The molecule has 2 nitrogen and oxygen atoms in total. The van der Waals surface area contributed by atoms with E-state index >= 15 is 0 Å². The van der Waals surface area contributed by atoms with Crippen LogP contribution in [0.1, 0.15) is 35.6 Å². The van der Waals surface area contributed by atoms with Gasteiger partial charge in [0.05, 0.1) is 0 Å². The van der Waals surface area contributed by atoms with Crippen LogP contribution in [0.25, 0.3) is 0 Å². The molecule has 1 atom stereocenters. The minimum absolute atomic E-state index is 0.693. The largest absolute Gasteiger partial charge is 0.387 e. The summed E-state index contributed by atoms with van der Waals surface area (Å²) in [6.07, 6.45) is 7.50. The van der Waals surface area contributed by atoms with Crippen molar-refractivity contribution in [3.05, 3.63) is 28.3 Å². The van der Waals surface area contributed by atoms with Gasteiger partial charge >= 0.3 is 0 Å². The molecule has 16 heavy (non-hydrogen) atoms. The summed E-state index contributed by atoms with van der Waals surface area (Å²) < 4.78 is 5.25. The van der Waals surface area contributed by atoms with Gasteiger partial charge in [-0.1, -0.05) is 13.0 Å². The van der Waals surface area contributed by atoms with E-state index in [0.717, 1.165) is 31.4 Å². The monoisotopic (exact) mass is 213 g/mol. The van der Waals surface area contributed by atoms with Gasteiger partial charge in [-0.25, -0.2) is 0 Å². The molecular formula is C14H15NO. The van der Waals surface area contributed by atoms with Gasteiger partial charge in [-0.05, 0) is 60.3 Å². The first-order valence-electron chi connectivity index (χ1n) is 6.02. The maximum atomic E-state index is 8.78. The first-order chi connectivity index (χ1) is 7.79. The molecule has 1 aromatic rings. The summed E-state index contributed by atoms with van der Waals surface area (Å²) >= 11 is 0. The standard InChI is InChI=1S/C14H15NO/c1-9-5-11-7-10-3-2-4-12(10)14(16-8-15)13(11)6-9/h7,9H,2-6H2,1H3. The zero-order chi connectivity index (χ0) is 11.1. The van der Waals surface area contributed by atoms with Crippen LogP contribution >= 0.6 is 0 Å². The van der Waals surface area contributed by atoms with Crippen LogP contribution in [-0.4, -0.2) is 0 Å². The third-order valence-corrected chi connectivity index (χ3v) is 3.81. The van der Waals surface area contributed by atoms with E-state index in [2.05, 4.69) is 13.0 Å². The third kappa shape index (κ3) is 1.31. The van der Waals surface area contributed by atoms with Crippen LogP contribution in [0.2, 0.25) is 0 Å².